The van der Waals surface area contributed by atoms with E-state index in [4.69, 9.17) is 28.4 Å². The molecule has 3 saturated heterocycles. The number of hydrogen-bond acceptors (Lipinski definition) is 20. The lowest BCUT2D eigenvalue weighted by Crippen LogP contribution is -2.70. The Bertz CT molecular complexity index is 2030. The molecule has 3 rings (SSSR count). The van der Waals surface area contributed by atoms with E-state index >= 15 is 0 Å². The van der Waals surface area contributed by atoms with E-state index in [1.54, 1.807) is 6.08 Å². The van der Waals surface area contributed by atoms with E-state index in [0.29, 0.717) is 12.8 Å². The minimum absolute atomic E-state index is 0.196. The average molecular weight is 1380 g/mol. The second-order valence-corrected chi connectivity index (χ2v) is 27.5. The molecule has 0 aromatic rings. The topological polar surface area (TPSA) is 373 Å². The first kappa shape index (κ1) is 87.4. The molecule has 0 bridgehead atoms. The number of nitrogens with one attached hydrogen (secondary N) is 2. The van der Waals surface area contributed by atoms with Gasteiger partial charge >= 0.3 is 5.97 Å². The van der Waals surface area contributed by atoms with Crippen LogP contribution in [0, 0.1) is 0 Å². The lowest BCUT2D eigenvalue weighted by Gasteiger charge is -2.50. The van der Waals surface area contributed by atoms with Crippen molar-refractivity contribution in [2.45, 2.75) is 394 Å². The van der Waals surface area contributed by atoms with Crippen LogP contribution in [0.5, 0.6) is 0 Å². The third kappa shape index (κ3) is 34.3. The summed E-state index contributed by atoms with van der Waals surface area (Å²) in [5, 5.41) is 136. The molecule has 0 saturated carbocycles. The Morgan fingerprint density at radius 2 is 0.979 bits per heavy atom. The first-order chi connectivity index (χ1) is 46.4. The number of carbonyl (C=O) groups excluding carboxylic acids is 2. The summed E-state index contributed by atoms with van der Waals surface area (Å²) < 4.78 is 34.9. The smallest absolute Gasteiger partial charge is 0.364 e. The second-order valence-electron chi connectivity index (χ2n) is 27.5. The zero-order valence-electron chi connectivity index (χ0n) is 59.0. The van der Waals surface area contributed by atoms with Gasteiger partial charge in [-0.25, -0.2) is 4.79 Å². The number of unbranched alkanes of at least 4 members (excludes halogenated alkanes) is 36. The molecule has 0 aromatic carbocycles. The van der Waals surface area contributed by atoms with Gasteiger partial charge in [0.1, 0.15) is 67.1 Å². The number of allylic oxidation sites excluding steroid dienone is 3. The molecular weight excluding hydrogens is 1240 g/mol. The molecule has 3 fully saturated rings. The molecule has 96 heavy (non-hydrogen) atoms. The highest BCUT2D eigenvalue weighted by Crippen LogP contribution is 2.39. The van der Waals surface area contributed by atoms with Gasteiger partial charge in [0.05, 0.1) is 50.7 Å². The normalized spacial score (nSPS) is 27.7. The highest BCUT2D eigenvalue weighted by atomic mass is 16.8. The molecule has 23 nitrogen and oxygen atoms in total. The molecule has 2 amide bonds. The fraction of sp³-hybridized carbons (Fsp3) is 0.904. The Hall–Kier alpha value is -2.79. The van der Waals surface area contributed by atoms with Crippen molar-refractivity contribution in [1.29, 1.82) is 0 Å². The molecule has 18 unspecified atom stereocenters. The largest absolute Gasteiger partial charge is 0.477 e. The summed E-state index contributed by atoms with van der Waals surface area (Å²) in [5.41, 5.74) is 0. The molecule has 23 heteroatoms. The van der Waals surface area contributed by atoms with E-state index in [2.05, 4.69) is 36.6 Å². The first-order valence-electron chi connectivity index (χ1n) is 37.7. The van der Waals surface area contributed by atoms with Crippen molar-refractivity contribution in [1.82, 2.24) is 10.6 Å². The summed E-state index contributed by atoms with van der Waals surface area (Å²) in [6.07, 6.45) is 26.4. The summed E-state index contributed by atoms with van der Waals surface area (Å²) in [6, 6.07) is -2.62. The van der Waals surface area contributed by atoms with Gasteiger partial charge in [-0.3, -0.25) is 9.59 Å². The number of aliphatic hydroxyl groups excluding tert-OH is 11. The quantitative estimate of drug-likeness (QED) is 0.0201. The van der Waals surface area contributed by atoms with Gasteiger partial charge in [-0.05, 0) is 44.9 Å². The van der Waals surface area contributed by atoms with Gasteiger partial charge in [-0.15, -0.1) is 0 Å². The van der Waals surface area contributed by atoms with Crippen molar-refractivity contribution in [2.24, 2.45) is 0 Å². The van der Waals surface area contributed by atoms with Gasteiger partial charge < -0.3 is 100 Å². The minimum atomic E-state index is -3.08. The molecule has 0 aromatic heterocycles. The molecule has 3 heterocycles. The van der Waals surface area contributed by atoms with Gasteiger partial charge in [0.25, 0.3) is 5.79 Å². The van der Waals surface area contributed by atoms with Crippen LogP contribution in [0.3, 0.4) is 0 Å². The SMILES string of the molecule is CCCCCCCCCCCCCC/C=C\CCCCCCCCCC(=O)NC(COC1OC(CO)C(OC2OC(CO)C(O)C(OC3(C(=O)O)CC(O)C(NC(C)=O)C(C(O)C(O)CO)O3)C2O)C(O)C1O)C(O)/C=C/CCCCCCCCCCCCCCCCCCC. The second kappa shape index (κ2) is 53.1. The van der Waals surface area contributed by atoms with Crippen molar-refractivity contribution in [3.8, 4) is 0 Å². The molecule has 3 aliphatic heterocycles. The monoisotopic (exact) mass is 1370 g/mol. The van der Waals surface area contributed by atoms with Crippen molar-refractivity contribution < 1.29 is 104 Å². The molecule has 3 aliphatic rings. The lowest BCUT2D eigenvalue weighted by molar-refractivity contribution is -0.386. The maximum absolute atomic E-state index is 13.5. The number of carboxylic acid groups (broad SMARTS) is 1. The van der Waals surface area contributed by atoms with Crippen LogP contribution < -0.4 is 10.6 Å². The highest BCUT2D eigenvalue weighted by Gasteiger charge is 2.60. The molecule has 14 N–H and O–H groups in total. The average Bonchev–Trinajstić information content (AvgIpc) is 0.784. The van der Waals surface area contributed by atoms with Crippen molar-refractivity contribution in [3.63, 3.8) is 0 Å². The van der Waals surface area contributed by atoms with Gasteiger partial charge in [0, 0.05) is 19.8 Å². The van der Waals surface area contributed by atoms with E-state index in [9.17, 15) is 75.7 Å². The lowest BCUT2D eigenvalue weighted by atomic mass is 9.88. The standard InChI is InChI=1S/C73H134N2O21/c1-4-6-8-10-12-14-16-18-20-22-24-25-26-27-29-31-33-35-37-39-41-43-45-47-60(83)75-54(55(80)46-44-42-40-38-36-34-32-30-28-23-21-19-17-15-13-11-9-7-5-2)52-91-70-65(87)64(86)67(59(51-78)93-70)94-71-66(88)69(63(85)58(50-77)92-71)96-73(72(89)90)48-56(81)61(74-53(3)79)68(95-73)62(84)57(82)49-76/h27,29,44,46,54-59,61-71,76-78,80-82,84-88H,4-26,28,30-43,45,47-52H2,1-3H3,(H,74,79)(H,75,83)(H,89,90)/b29-27-,46-44+. The number of hydrogen-bond donors (Lipinski definition) is 14. The molecular formula is C73H134N2O21. The van der Waals surface area contributed by atoms with E-state index in [1.165, 1.54) is 167 Å². The predicted molar refractivity (Wildman–Crippen MR) is 366 cm³/mol. The summed E-state index contributed by atoms with van der Waals surface area (Å²) in [5.74, 6) is -6.14. The predicted octanol–water partition coefficient (Wildman–Crippen LogP) is 8.40. The van der Waals surface area contributed by atoms with Crippen LogP contribution in [0.15, 0.2) is 24.3 Å². The van der Waals surface area contributed by atoms with Gasteiger partial charge in [0.15, 0.2) is 12.6 Å². The Balaban J connectivity index is 1.57. The fourth-order valence-electron chi connectivity index (χ4n) is 13.1. The number of aliphatic carboxylic acids is 1. The van der Waals surface area contributed by atoms with E-state index in [1.807, 2.05) is 6.08 Å². The van der Waals surface area contributed by atoms with Gasteiger partial charge in [0.2, 0.25) is 11.8 Å². The van der Waals surface area contributed by atoms with Crippen LogP contribution >= 0.6 is 0 Å². The van der Waals surface area contributed by atoms with Crippen LogP contribution in [-0.4, -0.2) is 215 Å². The van der Waals surface area contributed by atoms with Crippen LogP contribution in [0.1, 0.15) is 284 Å². The van der Waals surface area contributed by atoms with Crippen LogP contribution in [0.2, 0.25) is 0 Å². The zero-order valence-corrected chi connectivity index (χ0v) is 59.0. The summed E-state index contributed by atoms with van der Waals surface area (Å²) >= 11 is 0. The third-order valence-electron chi connectivity index (χ3n) is 19.1. The zero-order chi connectivity index (χ0) is 70.4. The molecule has 0 spiro atoms. The first-order valence-corrected chi connectivity index (χ1v) is 37.7. The number of carbonyl (C=O) groups is 3. The Morgan fingerprint density at radius 1 is 0.542 bits per heavy atom. The number of rotatable bonds is 58. The van der Waals surface area contributed by atoms with E-state index < -0.39 is 155 Å². The Kier molecular flexibility index (Phi) is 48.3. The Labute approximate surface area is 574 Å². The van der Waals surface area contributed by atoms with Crippen LogP contribution in [0.25, 0.3) is 0 Å². The van der Waals surface area contributed by atoms with Crippen molar-refractivity contribution in [2.75, 3.05) is 26.4 Å². The van der Waals surface area contributed by atoms with E-state index in [-0.39, 0.29) is 12.3 Å². The summed E-state index contributed by atoms with van der Waals surface area (Å²) in [6.45, 7) is 2.17. The summed E-state index contributed by atoms with van der Waals surface area (Å²) in [7, 11) is 0. The van der Waals surface area contributed by atoms with Crippen molar-refractivity contribution in [3.05, 3.63) is 24.3 Å². The highest BCUT2D eigenvalue weighted by molar-refractivity contribution is 5.77. The minimum Gasteiger partial charge on any atom is -0.477 e. The fourth-order valence-corrected chi connectivity index (χ4v) is 13.1. The van der Waals surface area contributed by atoms with E-state index in [0.717, 1.165) is 77.6 Å². The molecule has 0 aliphatic carbocycles. The van der Waals surface area contributed by atoms with Gasteiger partial charge in [-0.1, -0.05) is 244 Å². The maximum atomic E-state index is 13.5. The molecule has 18 atom stereocenters. The number of amides is 2. The summed E-state index contributed by atoms with van der Waals surface area (Å²) in [4.78, 5) is 38.6. The molecule has 0 radical (unpaired) electrons. The van der Waals surface area contributed by atoms with Crippen LogP contribution in [0.4, 0.5) is 0 Å². The van der Waals surface area contributed by atoms with Crippen molar-refractivity contribution >= 4 is 17.8 Å². The maximum Gasteiger partial charge on any atom is 0.364 e. The number of aliphatic hydroxyl groups is 11. The Morgan fingerprint density at radius 3 is 1.42 bits per heavy atom. The number of carboxylic acids is 1. The number of ether oxygens (including phenoxy) is 6. The molecule has 562 valence electrons. The third-order valence-corrected chi connectivity index (χ3v) is 19.1. The van der Waals surface area contributed by atoms with Gasteiger partial charge in [-0.2, -0.15) is 0 Å². The van der Waals surface area contributed by atoms with Crippen LogP contribution in [-0.2, 0) is 42.8 Å².